The fourth-order valence-electron chi connectivity index (χ4n) is 1.71. The Hall–Kier alpha value is -1.56. The minimum Gasteiger partial charge on any atom is -0.477 e. The van der Waals surface area contributed by atoms with E-state index in [0.717, 1.165) is 0 Å². The molecular weight excluding hydrogens is 302 g/mol. The Morgan fingerprint density at radius 1 is 1.61 bits per heavy atom. The van der Waals surface area contributed by atoms with Gasteiger partial charge in [0.15, 0.2) is 0 Å². The number of ether oxygens (including phenoxy) is 1. The molecule has 96 valence electrons. The summed E-state index contributed by atoms with van der Waals surface area (Å²) >= 11 is 3.26. The minimum atomic E-state index is -1.04. The van der Waals surface area contributed by atoms with Crippen LogP contribution in [0, 0.1) is 5.41 Å². The maximum Gasteiger partial charge on any atom is 0.352 e. The summed E-state index contributed by atoms with van der Waals surface area (Å²) in [4.78, 5) is 25.1. The number of aromatic amines is 1. The molecule has 0 aromatic carbocycles. The van der Waals surface area contributed by atoms with Crippen LogP contribution in [-0.2, 0) is 9.53 Å². The zero-order chi connectivity index (χ0) is 13.5. The van der Waals surface area contributed by atoms with Gasteiger partial charge in [0.05, 0.1) is 11.1 Å². The lowest BCUT2D eigenvalue weighted by atomic mass is 9.91. The first-order chi connectivity index (χ1) is 8.29. The number of rotatable bonds is 2. The molecule has 0 atom stereocenters. The van der Waals surface area contributed by atoms with E-state index >= 15 is 0 Å². The molecule has 18 heavy (non-hydrogen) atoms. The molecule has 1 aliphatic heterocycles. The minimum absolute atomic E-state index is 0.0808. The number of hydrogen-bond donors (Lipinski definition) is 2. The Kier molecular flexibility index (Phi) is 3.06. The predicted octanol–water partition coefficient (Wildman–Crippen LogP) is 2.79. The number of nitrogens with one attached hydrogen (secondary N) is 1. The van der Waals surface area contributed by atoms with Gasteiger partial charge in [-0.2, -0.15) is 0 Å². The number of allylic oxidation sites excluding steroid dienone is 1. The van der Waals surface area contributed by atoms with Crippen molar-refractivity contribution in [1.82, 2.24) is 4.98 Å². The zero-order valence-corrected chi connectivity index (χ0v) is 11.5. The lowest BCUT2D eigenvalue weighted by Crippen LogP contribution is -2.16. The first kappa shape index (κ1) is 12.9. The van der Waals surface area contributed by atoms with E-state index in [0.29, 0.717) is 22.3 Å². The fraction of sp³-hybridized carbons (Fsp3) is 0.333. The second-order valence-electron chi connectivity index (χ2n) is 4.81. The normalized spacial score (nSPS) is 20.2. The van der Waals surface area contributed by atoms with E-state index in [1.165, 1.54) is 6.07 Å². The number of cyclic esters (lactones) is 1. The third-order valence-corrected chi connectivity index (χ3v) is 3.38. The summed E-state index contributed by atoms with van der Waals surface area (Å²) in [5.74, 6) is -0.775. The van der Waals surface area contributed by atoms with Gasteiger partial charge >= 0.3 is 11.9 Å². The van der Waals surface area contributed by atoms with Crippen LogP contribution in [0.4, 0.5) is 0 Å². The Bertz CT molecular complexity index is 556. The lowest BCUT2D eigenvalue weighted by molar-refractivity contribution is -0.142. The van der Waals surface area contributed by atoms with Gasteiger partial charge in [-0.3, -0.25) is 4.79 Å². The number of carbonyl (C=O) groups is 2. The first-order valence-electron chi connectivity index (χ1n) is 5.34. The molecule has 0 saturated carbocycles. The molecule has 1 fully saturated rings. The maximum absolute atomic E-state index is 11.5. The van der Waals surface area contributed by atoms with Crippen LogP contribution >= 0.6 is 15.9 Å². The smallest absolute Gasteiger partial charge is 0.352 e. The topological polar surface area (TPSA) is 79.4 Å². The summed E-state index contributed by atoms with van der Waals surface area (Å²) in [5, 5.41) is 8.85. The van der Waals surface area contributed by atoms with Gasteiger partial charge in [0.25, 0.3) is 0 Å². The summed E-state index contributed by atoms with van der Waals surface area (Å²) in [7, 11) is 0. The third kappa shape index (κ3) is 2.33. The second kappa shape index (κ2) is 4.28. The van der Waals surface area contributed by atoms with Crippen molar-refractivity contribution in [1.29, 1.82) is 0 Å². The lowest BCUT2D eigenvalue weighted by Gasteiger charge is -2.07. The molecule has 5 nitrogen and oxygen atoms in total. The van der Waals surface area contributed by atoms with E-state index in [-0.39, 0.29) is 11.7 Å². The number of aromatic carboxylic acids is 1. The van der Waals surface area contributed by atoms with Crippen LogP contribution in [0.3, 0.4) is 0 Å². The maximum atomic E-state index is 11.5. The highest BCUT2D eigenvalue weighted by atomic mass is 79.9. The standard InChI is InChI=1S/C12H12BrNO4/c1-12(2)5-6(18-11(12)17)3-8-7(13)4-9(14-8)10(15)16/h3-4,14H,5H2,1-2H3,(H,15,16). The summed E-state index contributed by atoms with van der Waals surface area (Å²) < 4.78 is 5.76. The van der Waals surface area contributed by atoms with E-state index in [1.807, 2.05) is 13.8 Å². The zero-order valence-electron chi connectivity index (χ0n) is 9.91. The van der Waals surface area contributed by atoms with Crippen molar-refractivity contribution in [3.63, 3.8) is 0 Å². The number of carboxylic acids is 1. The van der Waals surface area contributed by atoms with E-state index < -0.39 is 11.4 Å². The number of halogens is 1. The van der Waals surface area contributed by atoms with Crippen LogP contribution in [0.15, 0.2) is 16.3 Å². The van der Waals surface area contributed by atoms with Crippen molar-refractivity contribution in [2.75, 3.05) is 0 Å². The van der Waals surface area contributed by atoms with Crippen molar-refractivity contribution >= 4 is 33.9 Å². The highest BCUT2D eigenvalue weighted by molar-refractivity contribution is 9.10. The van der Waals surface area contributed by atoms with Gasteiger partial charge in [0.1, 0.15) is 11.5 Å². The molecular formula is C12H12BrNO4. The van der Waals surface area contributed by atoms with Crippen molar-refractivity contribution < 1.29 is 19.4 Å². The molecule has 0 spiro atoms. The van der Waals surface area contributed by atoms with E-state index in [2.05, 4.69) is 20.9 Å². The molecule has 2 heterocycles. The van der Waals surface area contributed by atoms with Crippen LogP contribution in [-0.4, -0.2) is 22.0 Å². The van der Waals surface area contributed by atoms with Gasteiger partial charge in [-0.05, 0) is 35.8 Å². The Morgan fingerprint density at radius 3 is 2.72 bits per heavy atom. The molecule has 1 saturated heterocycles. The molecule has 2 N–H and O–H groups in total. The summed E-state index contributed by atoms with van der Waals surface area (Å²) in [6.07, 6.45) is 2.14. The van der Waals surface area contributed by atoms with Crippen LogP contribution in [0.2, 0.25) is 0 Å². The average Bonchev–Trinajstić information content (AvgIpc) is 2.70. The number of carbonyl (C=O) groups excluding carboxylic acids is 1. The highest BCUT2D eigenvalue weighted by Gasteiger charge is 2.38. The molecule has 1 aromatic heterocycles. The largest absolute Gasteiger partial charge is 0.477 e. The Morgan fingerprint density at radius 2 is 2.28 bits per heavy atom. The first-order valence-corrected chi connectivity index (χ1v) is 6.13. The van der Waals surface area contributed by atoms with E-state index in [9.17, 15) is 9.59 Å². The predicted molar refractivity (Wildman–Crippen MR) is 67.9 cm³/mol. The molecule has 0 unspecified atom stereocenters. The van der Waals surface area contributed by atoms with Crippen LogP contribution in [0.1, 0.15) is 36.5 Å². The fourth-order valence-corrected chi connectivity index (χ4v) is 2.15. The van der Waals surface area contributed by atoms with Gasteiger partial charge in [-0.15, -0.1) is 0 Å². The summed E-state index contributed by atoms with van der Waals surface area (Å²) in [6.45, 7) is 3.62. The molecule has 0 radical (unpaired) electrons. The van der Waals surface area contributed by atoms with Crippen LogP contribution in [0.25, 0.3) is 6.08 Å². The van der Waals surface area contributed by atoms with Crippen molar-refractivity contribution in [3.8, 4) is 0 Å². The van der Waals surface area contributed by atoms with Crippen molar-refractivity contribution in [2.45, 2.75) is 20.3 Å². The summed E-state index contributed by atoms with van der Waals surface area (Å²) in [6, 6.07) is 1.47. The van der Waals surface area contributed by atoms with E-state index in [4.69, 9.17) is 9.84 Å². The van der Waals surface area contributed by atoms with Crippen LogP contribution in [0.5, 0.6) is 0 Å². The van der Waals surface area contributed by atoms with Gasteiger partial charge in [0.2, 0.25) is 0 Å². The quantitative estimate of drug-likeness (QED) is 0.823. The average molecular weight is 314 g/mol. The Labute approximate surface area is 112 Å². The number of aromatic nitrogens is 1. The molecule has 0 aliphatic carbocycles. The molecule has 1 aliphatic rings. The van der Waals surface area contributed by atoms with Gasteiger partial charge in [-0.1, -0.05) is 0 Å². The summed E-state index contributed by atoms with van der Waals surface area (Å²) in [5.41, 5.74) is 0.130. The van der Waals surface area contributed by atoms with Crippen LogP contribution < -0.4 is 0 Å². The SMILES string of the molecule is CC1(C)CC(=Cc2[nH]c(C(=O)O)cc2Br)OC1=O. The molecule has 6 heteroatoms. The molecule has 0 bridgehead atoms. The third-order valence-electron chi connectivity index (χ3n) is 2.73. The Balaban J connectivity index is 2.30. The van der Waals surface area contributed by atoms with Gasteiger partial charge in [-0.25, -0.2) is 4.79 Å². The number of hydrogen-bond acceptors (Lipinski definition) is 3. The number of esters is 1. The number of H-pyrrole nitrogens is 1. The van der Waals surface area contributed by atoms with E-state index in [1.54, 1.807) is 6.08 Å². The highest BCUT2D eigenvalue weighted by Crippen LogP contribution is 2.36. The second-order valence-corrected chi connectivity index (χ2v) is 5.66. The molecule has 2 rings (SSSR count). The van der Waals surface area contributed by atoms with Crippen molar-refractivity contribution in [3.05, 3.63) is 27.7 Å². The number of carboxylic acid groups (broad SMARTS) is 1. The van der Waals surface area contributed by atoms with Gasteiger partial charge < -0.3 is 14.8 Å². The molecule has 0 amide bonds. The monoisotopic (exact) mass is 313 g/mol. The molecule has 1 aromatic rings. The van der Waals surface area contributed by atoms with Crippen molar-refractivity contribution in [2.24, 2.45) is 5.41 Å². The van der Waals surface area contributed by atoms with Gasteiger partial charge in [0, 0.05) is 17.0 Å².